The van der Waals surface area contributed by atoms with Crippen LogP contribution in [-0.2, 0) is 0 Å². The molecule has 0 unspecified atom stereocenters. The third-order valence-corrected chi connectivity index (χ3v) is 3.35. The Morgan fingerprint density at radius 3 is 2.68 bits per heavy atom. The minimum Gasteiger partial charge on any atom is -0.487 e. The molecule has 1 N–H and O–H groups in total. The van der Waals surface area contributed by atoms with E-state index in [1.807, 2.05) is 0 Å². The number of hydrogen-bond acceptors (Lipinski definition) is 4. The van der Waals surface area contributed by atoms with Gasteiger partial charge >= 0.3 is 11.7 Å². The summed E-state index contributed by atoms with van der Waals surface area (Å²) in [6.07, 6.45) is 4.52. The lowest BCUT2D eigenvalue weighted by Crippen LogP contribution is -2.09. The second-order valence-corrected chi connectivity index (χ2v) is 4.71. The molecule has 1 aliphatic rings. The number of benzene rings is 1. The van der Waals surface area contributed by atoms with Crippen molar-refractivity contribution >= 4 is 11.7 Å². The maximum Gasteiger partial charge on any atom is 0.335 e. The van der Waals surface area contributed by atoms with Gasteiger partial charge in [-0.1, -0.05) is 12.8 Å². The van der Waals surface area contributed by atoms with Gasteiger partial charge in [0.1, 0.15) is 0 Å². The van der Waals surface area contributed by atoms with Crippen LogP contribution in [0.25, 0.3) is 0 Å². The second-order valence-electron chi connectivity index (χ2n) is 4.71. The van der Waals surface area contributed by atoms with Gasteiger partial charge in [-0.25, -0.2) is 4.79 Å². The van der Waals surface area contributed by atoms with Crippen molar-refractivity contribution in [3.05, 3.63) is 33.9 Å². The van der Waals surface area contributed by atoms with E-state index in [1.54, 1.807) is 0 Å². The van der Waals surface area contributed by atoms with Crippen molar-refractivity contribution in [2.24, 2.45) is 5.92 Å². The quantitative estimate of drug-likeness (QED) is 0.653. The number of carboxylic acids is 1. The Balaban J connectivity index is 2.14. The molecule has 6 nitrogen and oxygen atoms in total. The molecule has 2 rings (SSSR count). The molecule has 1 fully saturated rings. The van der Waals surface area contributed by atoms with Crippen LogP contribution in [-0.4, -0.2) is 22.6 Å². The van der Waals surface area contributed by atoms with Gasteiger partial charge in [0.15, 0.2) is 5.75 Å². The topological polar surface area (TPSA) is 89.7 Å². The molecule has 102 valence electrons. The average molecular weight is 265 g/mol. The highest BCUT2D eigenvalue weighted by Gasteiger charge is 2.21. The first-order chi connectivity index (χ1) is 9.08. The monoisotopic (exact) mass is 265 g/mol. The molecule has 0 saturated heterocycles. The van der Waals surface area contributed by atoms with Gasteiger partial charge in [0.25, 0.3) is 0 Å². The van der Waals surface area contributed by atoms with Crippen LogP contribution in [0, 0.1) is 16.0 Å². The summed E-state index contributed by atoms with van der Waals surface area (Å²) in [7, 11) is 0. The first-order valence-corrected chi connectivity index (χ1v) is 6.22. The van der Waals surface area contributed by atoms with Crippen molar-refractivity contribution in [2.45, 2.75) is 25.7 Å². The lowest BCUT2D eigenvalue weighted by atomic mass is 10.1. The molecule has 0 amide bonds. The van der Waals surface area contributed by atoms with E-state index in [2.05, 4.69) is 0 Å². The predicted molar refractivity (Wildman–Crippen MR) is 67.5 cm³/mol. The van der Waals surface area contributed by atoms with Crippen molar-refractivity contribution in [1.29, 1.82) is 0 Å². The smallest absolute Gasteiger partial charge is 0.335 e. The lowest BCUT2D eigenvalue weighted by Gasteiger charge is -2.11. The number of nitro benzene ring substituents is 1. The van der Waals surface area contributed by atoms with Crippen molar-refractivity contribution in [2.75, 3.05) is 6.61 Å². The number of nitrogens with zero attached hydrogens (tertiary/aromatic N) is 1. The lowest BCUT2D eigenvalue weighted by molar-refractivity contribution is -0.385. The molecule has 0 radical (unpaired) electrons. The number of carbonyl (C=O) groups is 1. The van der Waals surface area contributed by atoms with Gasteiger partial charge in [-0.3, -0.25) is 10.1 Å². The number of nitro groups is 1. The summed E-state index contributed by atoms with van der Waals surface area (Å²) in [6, 6.07) is 3.71. The maximum absolute atomic E-state index is 10.9. The first-order valence-electron chi connectivity index (χ1n) is 6.22. The van der Waals surface area contributed by atoms with Crippen LogP contribution in [0.2, 0.25) is 0 Å². The molecule has 1 aromatic rings. The van der Waals surface area contributed by atoms with E-state index in [1.165, 1.54) is 25.0 Å². The molecule has 1 aliphatic carbocycles. The molecule has 19 heavy (non-hydrogen) atoms. The summed E-state index contributed by atoms with van der Waals surface area (Å²) >= 11 is 0. The van der Waals surface area contributed by atoms with Gasteiger partial charge < -0.3 is 9.84 Å². The van der Waals surface area contributed by atoms with Crippen LogP contribution in [0.15, 0.2) is 18.2 Å². The molecule has 0 aliphatic heterocycles. The molecule has 6 heteroatoms. The highest BCUT2D eigenvalue weighted by atomic mass is 16.6. The third kappa shape index (κ3) is 3.21. The zero-order valence-electron chi connectivity index (χ0n) is 10.4. The zero-order chi connectivity index (χ0) is 13.8. The van der Waals surface area contributed by atoms with Gasteiger partial charge in [-0.05, 0) is 30.9 Å². The van der Waals surface area contributed by atoms with Crippen molar-refractivity contribution in [3.63, 3.8) is 0 Å². The molecular weight excluding hydrogens is 250 g/mol. The average Bonchev–Trinajstić information content (AvgIpc) is 2.89. The fourth-order valence-corrected chi connectivity index (χ4v) is 2.30. The van der Waals surface area contributed by atoms with E-state index in [0.717, 1.165) is 18.9 Å². The summed E-state index contributed by atoms with van der Waals surface area (Å²) in [5.74, 6) is -0.605. The number of aromatic carboxylic acids is 1. The molecule has 0 spiro atoms. The molecular formula is C13H15NO5. The standard InChI is InChI=1S/C13H15NO5/c15-13(16)10-5-6-12(11(7-10)14(17)18)19-8-9-3-1-2-4-9/h5-7,9H,1-4,8H2,(H,15,16). The maximum atomic E-state index is 10.9. The molecule has 0 bridgehead atoms. The van der Waals surface area contributed by atoms with Crippen LogP contribution in [0.5, 0.6) is 5.75 Å². The van der Waals surface area contributed by atoms with Crippen LogP contribution in [0.1, 0.15) is 36.0 Å². The summed E-state index contributed by atoms with van der Waals surface area (Å²) in [6.45, 7) is 0.452. The van der Waals surface area contributed by atoms with Crippen LogP contribution in [0.4, 0.5) is 5.69 Å². The molecule has 1 saturated carbocycles. The van der Waals surface area contributed by atoms with Gasteiger partial charge in [-0.2, -0.15) is 0 Å². The minimum atomic E-state index is -1.19. The third-order valence-electron chi connectivity index (χ3n) is 3.35. The SMILES string of the molecule is O=C(O)c1ccc(OCC2CCCC2)c([N+](=O)[O-])c1. The van der Waals surface area contributed by atoms with Crippen molar-refractivity contribution < 1.29 is 19.6 Å². The Hall–Kier alpha value is -2.11. The van der Waals surface area contributed by atoms with Gasteiger partial charge in [0.05, 0.1) is 17.1 Å². The summed E-state index contributed by atoms with van der Waals surface area (Å²) in [4.78, 5) is 21.1. The predicted octanol–water partition coefficient (Wildman–Crippen LogP) is 2.86. The Morgan fingerprint density at radius 2 is 2.11 bits per heavy atom. The Bertz CT molecular complexity index is 494. The molecule has 0 heterocycles. The molecule has 0 atom stereocenters. The normalized spacial score (nSPS) is 15.4. The largest absolute Gasteiger partial charge is 0.487 e. The molecule has 0 aromatic heterocycles. The van der Waals surface area contributed by atoms with E-state index >= 15 is 0 Å². The van der Waals surface area contributed by atoms with E-state index in [0.29, 0.717) is 12.5 Å². The number of rotatable bonds is 5. The van der Waals surface area contributed by atoms with Crippen LogP contribution in [0.3, 0.4) is 0 Å². The Kier molecular flexibility index (Phi) is 3.99. The summed E-state index contributed by atoms with van der Waals surface area (Å²) in [5.41, 5.74) is -0.405. The fraction of sp³-hybridized carbons (Fsp3) is 0.462. The van der Waals surface area contributed by atoms with Crippen molar-refractivity contribution in [3.8, 4) is 5.75 Å². The summed E-state index contributed by atoms with van der Waals surface area (Å²) < 4.78 is 5.48. The van der Waals surface area contributed by atoms with E-state index < -0.39 is 10.9 Å². The number of ether oxygens (including phenoxy) is 1. The highest BCUT2D eigenvalue weighted by molar-refractivity contribution is 5.88. The zero-order valence-corrected chi connectivity index (χ0v) is 10.4. The van der Waals surface area contributed by atoms with E-state index in [9.17, 15) is 14.9 Å². The molecule has 1 aromatic carbocycles. The Labute approximate surface area is 110 Å². The van der Waals surface area contributed by atoms with Crippen LogP contribution < -0.4 is 4.74 Å². The van der Waals surface area contributed by atoms with E-state index in [-0.39, 0.29) is 17.0 Å². The highest BCUT2D eigenvalue weighted by Crippen LogP contribution is 2.30. The fourth-order valence-electron chi connectivity index (χ4n) is 2.30. The number of carboxylic acid groups (broad SMARTS) is 1. The van der Waals surface area contributed by atoms with E-state index in [4.69, 9.17) is 9.84 Å². The first kappa shape index (κ1) is 13.3. The van der Waals surface area contributed by atoms with Gasteiger partial charge in [0, 0.05) is 6.07 Å². The number of hydrogen-bond donors (Lipinski definition) is 1. The van der Waals surface area contributed by atoms with Gasteiger partial charge in [-0.15, -0.1) is 0 Å². The minimum absolute atomic E-state index is 0.111. The second kappa shape index (κ2) is 5.69. The van der Waals surface area contributed by atoms with Gasteiger partial charge in [0.2, 0.25) is 0 Å². The Morgan fingerprint density at radius 1 is 1.42 bits per heavy atom. The van der Waals surface area contributed by atoms with Crippen molar-refractivity contribution in [1.82, 2.24) is 0 Å². The summed E-state index contributed by atoms with van der Waals surface area (Å²) in [5, 5.41) is 19.7. The van der Waals surface area contributed by atoms with Crippen LogP contribution >= 0.6 is 0 Å².